The highest BCUT2D eigenvalue weighted by Gasteiger charge is 2.25. The average molecular weight is 454 g/mol. The van der Waals surface area contributed by atoms with Gasteiger partial charge in [0.05, 0.1) is 27.6 Å². The molecule has 0 amide bonds. The molecular formula is C19H19N9OS2. The molecule has 4 aromatic rings. The highest BCUT2D eigenvalue weighted by atomic mass is 32.2. The van der Waals surface area contributed by atoms with E-state index < -0.39 is 0 Å². The molecule has 158 valence electrons. The lowest BCUT2D eigenvalue weighted by molar-refractivity contribution is 0.317. The van der Waals surface area contributed by atoms with Gasteiger partial charge in [-0.2, -0.15) is 9.36 Å². The second kappa shape index (κ2) is 9.71. The molecule has 0 saturated carbocycles. The van der Waals surface area contributed by atoms with Gasteiger partial charge in [0.15, 0.2) is 0 Å². The molecule has 4 rings (SSSR count). The van der Waals surface area contributed by atoms with E-state index in [-0.39, 0.29) is 10.5 Å². The van der Waals surface area contributed by atoms with Crippen molar-refractivity contribution in [2.75, 3.05) is 0 Å². The fraction of sp³-hybridized carbons (Fsp3) is 0.211. The van der Waals surface area contributed by atoms with E-state index in [0.29, 0.717) is 16.0 Å². The van der Waals surface area contributed by atoms with Crippen LogP contribution in [0.5, 0.6) is 0 Å². The van der Waals surface area contributed by atoms with Crippen LogP contribution in [0.2, 0.25) is 0 Å². The van der Waals surface area contributed by atoms with Crippen LogP contribution in [0.1, 0.15) is 13.8 Å². The van der Waals surface area contributed by atoms with Gasteiger partial charge in [-0.05, 0) is 59.0 Å². The molecule has 2 aromatic carbocycles. The third kappa shape index (κ3) is 4.75. The Morgan fingerprint density at radius 3 is 1.58 bits per heavy atom. The second-order valence-corrected chi connectivity index (χ2v) is 9.08. The number of oxime groups is 1. The third-order valence-electron chi connectivity index (χ3n) is 4.40. The molecule has 0 aliphatic rings. The van der Waals surface area contributed by atoms with E-state index in [9.17, 15) is 5.21 Å². The van der Waals surface area contributed by atoms with Crippen molar-refractivity contribution in [3.8, 4) is 11.4 Å². The normalized spacial score (nSPS) is 13.0. The molecule has 2 aromatic heterocycles. The molecule has 12 heteroatoms. The van der Waals surface area contributed by atoms with Crippen molar-refractivity contribution in [1.29, 1.82) is 0 Å². The summed E-state index contributed by atoms with van der Waals surface area (Å²) in [6, 6.07) is 19.3. The van der Waals surface area contributed by atoms with Gasteiger partial charge in [-0.3, -0.25) is 0 Å². The highest BCUT2D eigenvalue weighted by Crippen LogP contribution is 2.30. The molecular weight excluding hydrogens is 434 g/mol. The number of benzene rings is 2. The third-order valence-corrected chi connectivity index (χ3v) is 6.52. The number of thioether (sulfide) groups is 2. The minimum atomic E-state index is -0.193. The summed E-state index contributed by atoms with van der Waals surface area (Å²) < 4.78 is 3.31. The van der Waals surface area contributed by atoms with E-state index in [1.807, 2.05) is 74.5 Å². The number of hydrogen-bond donors (Lipinski definition) is 1. The zero-order chi connectivity index (χ0) is 21.6. The van der Waals surface area contributed by atoms with Crippen LogP contribution < -0.4 is 0 Å². The Kier molecular flexibility index (Phi) is 6.57. The van der Waals surface area contributed by atoms with E-state index in [0.717, 1.165) is 11.4 Å². The van der Waals surface area contributed by atoms with Crippen LogP contribution in [-0.2, 0) is 0 Å². The van der Waals surface area contributed by atoms with Crippen LogP contribution in [0.3, 0.4) is 0 Å². The Bertz CT molecular complexity index is 1060. The molecule has 2 unspecified atom stereocenters. The molecule has 0 bridgehead atoms. The molecule has 0 spiro atoms. The number of nitrogens with zero attached hydrogens (tertiary/aromatic N) is 9. The molecule has 10 nitrogen and oxygen atoms in total. The molecule has 0 fully saturated rings. The fourth-order valence-corrected chi connectivity index (χ4v) is 5.01. The maximum absolute atomic E-state index is 9.74. The molecule has 0 aliphatic heterocycles. The summed E-state index contributed by atoms with van der Waals surface area (Å²) in [6.45, 7) is 3.89. The van der Waals surface area contributed by atoms with Gasteiger partial charge in [0.1, 0.15) is 0 Å². The lowest BCUT2D eigenvalue weighted by Crippen LogP contribution is -2.25. The summed E-state index contributed by atoms with van der Waals surface area (Å²) >= 11 is 2.82. The number of aromatic nitrogens is 8. The van der Waals surface area contributed by atoms with Gasteiger partial charge in [-0.15, -0.1) is 10.2 Å². The quantitative estimate of drug-likeness (QED) is 0.186. The average Bonchev–Trinajstić information content (AvgIpc) is 3.45. The van der Waals surface area contributed by atoms with E-state index in [2.05, 4.69) is 36.2 Å². The minimum absolute atomic E-state index is 0.193. The molecule has 0 aliphatic carbocycles. The lowest BCUT2D eigenvalue weighted by atomic mass is 10.2. The minimum Gasteiger partial charge on any atom is -0.411 e. The van der Waals surface area contributed by atoms with Crippen molar-refractivity contribution in [2.45, 2.75) is 34.7 Å². The first kappa shape index (κ1) is 21.0. The van der Waals surface area contributed by atoms with Crippen LogP contribution in [0.4, 0.5) is 0 Å². The summed E-state index contributed by atoms with van der Waals surface area (Å²) in [6.07, 6.45) is 0. The van der Waals surface area contributed by atoms with E-state index in [1.54, 1.807) is 9.36 Å². The van der Waals surface area contributed by atoms with Crippen LogP contribution >= 0.6 is 23.5 Å². The zero-order valence-corrected chi connectivity index (χ0v) is 18.3. The van der Waals surface area contributed by atoms with Gasteiger partial charge in [0.25, 0.3) is 0 Å². The number of hydrogen-bond acceptors (Lipinski definition) is 10. The van der Waals surface area contributed by atoms with E-state index >= 15 is 0 Å². The summed E-state index contributed by atoms with van der Waals surface area (Å²) in [5, 5.41) is 38.1. The maximum Gasteiger partial charge on any atom is 0.214 e. The van der Waals surface area contributed by atoms with Gasteiger partial charge >= 0.3 is 0 Å². The van der Waals surface area contributed by atoms with Crippen molar-refractivity contribution < 1.29 is 5.21 Å². The first-order chi connectivity index (χ1) is 15.2. The summed E-state index contributed by atoms with van der Waals surface area (Å²) in [5.74, 6) is 0. The Morgan fingerprint density at radius 2 is 1.19 bits per heavy atom. The predicted molar refractivity (Wildman–Crippen MR) is 118 cm³/mol. The van der Waals surface area contributed by atoms with Gasteiger partial charge < -0.3 is 5.21 Å². The van der Waals surface area contributed by atoms with Gasteiger partial charge in [0, 0.05) is 0 Å². The molecule has 1 N–H and O–H groups in total. The lowest BCUT2D eigenvalue weighted by Gasteiger charge is -2.17. The summed E-state index contributed by atoms with van der Waals surface area (Å²) in [7, 11) is 0. The second-order valence-electron chi connectivity index (χ2n) is 6.46. The molecule has 2 heterocycles. The number of tetrazole rings is 2. The maximum atomic E-state index is 9.74. The van der Waals surface area contributed by atoms with Crippen molar-refractivity contribution in [1.82, 2.24) is 40.4 Å². The Balaban J connectivity index is 1.49. The van der Waals surface area contributed by atoms with Crippen molar-refractivity contribution >= 4 is 29.2 Å². The standard InChI is InChI=1S/C19H19N9OS2/c1-13(30-18-20-23-25-27(18)15-9-5-3-6-10-15)17(22-29)14(2)31-19-21-24-26-28(19)16-11-7-4-8-12-16/h3-14,29H,1-2H3. The van der Waals surface area contributed by atoms with Crippen molar-refractivity contribution in [3.63, 3.8) is 0 Å². The van der Waals surface area contributed by atoms with Gasteiger partial charge in [-0.1, -0.05) is 65.1 Å². The molecule has 31 heavy (non-hydrogen) atoms. The monoisotopic (exact) mass is 453 g/mol. The van der Waals surface area contributed by atoms with Crippen LogP contribution in [0.25, 0.3) is 11.4 Å². The smallest absolute Gasteiger partial charge is 0.214 e. The number of para-hydroxylation sites is 2. The topological polar surface area (TPSA) is 120 Å². The largest absolute Gasteiger partial charge is 0.411 e. The summed E-state index contributed by atoms with van der Waals surface area (Å²) in [4.78, 5) is 0. The first-order valence-electron chi connectivity index (χ1n) is 9.40. The molecule has 2 atom stereocenters. The first-order valence-corrected chi connectivity index (χ1v) is 11.2. The fourth-order valence-electron chi connectivity index (χ4n) is 2.90. The Labute approximate surface area is 186 Å². The van der Waals surface area contributed by atoms with Gasteiger partial charge in [0.2, 0.25) is 10.3 Å². The Morgan fingerprint density at radius 1 is 0.774 bits per heavy atom. The summed E-state index contributed by atoms with van der Waals surface area (Å²) in [5.41, 5.74) is 2.28. The Hall–Kier alpha value is -3.25. The zero-order valence-electron chi connectivity index (χ0n) is 16.7. The van der Waals surface area contributed by atoms with Crippen LogP contribution in [0, 0.1) is 0 Å². The van der Waals surface area contributed by atoms with Crippen molar-refractivity contribution in [2.24, 2.45) is 5.16 Å². The van der Waals surface area contributed by atoms with Crippen LogP contribution in [0.15, 0.2) is 76.1 Å². The molecule has 0 saturated heterocycles. The number of rotatable bonds is 8. The highest BCUT2D eigenvalue weighted by molar-refractivity contribution is 8.02. The van der Waals surface area contributed by atoms with E-state index in [4.69, 9.17) is 0 Å². The SMILES string of the molecule is CC(Sc1nnnn1-c1ccccc1)C(=NO)C(C)Sc1nnnn1-c1ccccc1. The van der Waals surface area contributed by atoms with E-state index in [1.165, 1.54) is 23.5 Å². The predicted octanol–water partition coefficient (Wildman–Crippen LogP) is 3.13. The van der Waals surface area contributed by atoms with Crippen molar-refractivity contribution in [3.05, 3.63) is 60.7 Å². The van der Waals surface area contributed by atoms with Gasteiger partial charge in [-0.25, -0.2) is 0 Å². The van der Waals surface area contributed by atoms with Crippen LogP contribution in [-0.4, -0.2) is 61.8 Å². The molecule has 0 radical (unpaired) electrons.